The average Bonchev–Trinajstić information content (AvgIpc) is 2.85. The van der Waals surface area contributed by atoms with Crippen LogP contribution in [0.1, 0.15) is 37.3 Å². The molecule has 0 bridgehead atoms. The standard InChI is InChI=1S/C15H24N2O2S2/c1-3-20-14-8-7-13(9-14)17-21(18,19)15-6-4-5-12(10-16)11(15)2/h4-6,13-14,17H,3,7-10,16H2,1-2H3. The van der Waals surface area contributed by atoms with Crippen LogP contribution in [0.25, 0.3) is 0 Å². The molecule has 1 aromatic carbocycles. The number of hydrogen-bond acceptors (Lipinski definition) is 4. The van der Waals surface area contributed by atoms with Crippen molar-refractivity contribution in [1.29, 1.82) is 0 Å². The molecule has 0 aromatic heterocycles. The fourth-order valence-electron chi connectivity index (χ4n) is 2.89. The molecule has 6 heteroatoms. The van der Waals surface area contributed by atoms with Gasteiger partial charge in [-0.3, -0.25) is 0 Å². The first-order valence-corrected chi connectivity index (χ1v) is 9.93. The van der Waals surface area contributed by atoms with E-state index in [1.165, 1.54) is 0 Å². The van der Waals surface area contributed by atoms with Crippen molar-refractivity contribution in [1.82, 2.24) is 4.72 Å². The Hall–Kier alpha value is -0.560. The lowest BCUT2D eigenvalue weighted by Gasteiger charge is -2.16. The SMILES string of the molecule is CCSC1CCC(NS(=O)(=O)c2cccc(CN)c2C)C1. The van der Waals surface area contributed by atoms with Crippen molar-refractivity contribution in [2.24, 2.45) is 5.73 Å². The van der Waals surface area contributed by atoms with Gasteiger partial charge in [0, 0.05) is 17.8 Å². The van der Waals surface area contributed by atoms with E-state index in [1.807, 2.05) is 24.8 Å². The number of rotatable bonds is 6. The molecule has 0 spiro atoms. The Morgan fingerprint density at radius 3 is 2.81 bits per heavy atom. The van der Waals surface area contributed by atoms with E-state index in [4.69, 9.17) is 5.73 Å². The van der Waals surface area contributed by atoms with E-state index < -0.39 is 10.0 Å². The van der Waals surface area contributed by atoms with Crippen LogP contribution in [0.3, 0.4) is 0 Å². The number of hydrogen-bond donors (Lipinski definition) is 2. The third-order valence-corrected chi connectivity index (χ3v) is 6.91. The van der Waals surface area contributed by atoms with Gasteiger partial charge in [-0.2, -0.15) is 11.8 Å². The van der Waals surface area contributed by atoms with Crippen molar-refractivity contribution in [3.8, 4) is 0 Å². The fraction of sp³-hybridized carbons (Fsp3) is 0.600. The fourth-order valence-corrected chi connectivity index (χ4v) is 5.60. The minimum absolute atomic E-state index is 0.0555. The Bertz CT molecular complexity index is 587. The van der Waals surface area contributed by atoms with Crippen LogP contribution >= 0.6 is 11.8 Å². The maximum Gasteiger partial charge on any atom is 0.241 e. The van der Waals surface area contributed by atoms with Gasteiger partial charge in [0.05, 0.1) is 4.90 Å². The predicted octanol–water partition coefficient (Wildman–Crippen LogP) is 2.41. The lowest BCUT2D eigenvalue weighted by Crippen LogP contribution is -2.33. The van der Waals surface area contributed by atoms with E-state index >= 15 is 0 Å². The van der Waals surface area contributed by atoms with Gasteiger partial charge in [-0.25, -0.2) is 13.1 Å². The quantitative estimate of drug-likeness (QED) is 0.841. The molecule has 1 saturated carbocycles. The van der Waals surface area contributed by atoms with E-state index in [2.05, 4.69) is 11.6 Å². The molecule has 1 fully saturated rings. The van der Waals surface area contributed by atoms with Crippen LogP contribution in [-0.4, -0.2) is 25.5 Å². The summed E-state index contributed by atoms with van der Waals surface area (Å²) < 4.78 is 28.0. The summed E-state index contributed by atoms with van der Waals surface area (Å²) >= 11 is 1.92. The molecule has 2 atom stereocenters. The van der Waals surface area contributed by atoms with Gasteiger partial charge in [0.25, 0.3) is 0 Å². The van der Waals surface area contributed by atoms with Crippen LogP contribution < -0.4 is 10.5 Å². The van der Waals surface area contributed by atoms with Crippen molar-refractivity contribution in [2.45, 2.75) is 55.8 Å². The summed E-state index contributed by atoms with van der Waals surface area (Å²) in [7, 11) is -3.46. The van der Waals surface area contributed by atoms with Crippen LogP contribution in [0.2, 0.25) is 0 Å². The highest BCUT2D eigenvalue weighted by molar-refractivity contribution is 7.99. The molecular weight excluding hydrogens is 304 g/mol. The van der Waals surface area contributed by atoms with Crippen molar-refractivity contribution >= 4 is 21.8 Å². The molecule has 118 valence electrons. The summed E-state index contributed by atoms with van der Waals surface area (Å²) in [4.78, 5) is 0.358. The molecule has 0 saturated heterocycles. The smallest absolute Gasteiger partial charge is 0.241 e. The minimum Gasteiger partial charge on any atom is -0.326 e. The van der Waals surface area contributed by atoms with E-state index in [9.17, 15) is 8.42 Å². The van der Waals surface area contributed by atoms with E-state index in [1.54, 1.807) is 12.1 Å². The molecule has 21 heavy (non-hydrogen) atoms. The molecule has 0 amide bonds. The van der Waals surface area contributed by atoms with Crippen molar-refractivity contribution in [2.75, 3.05) is 5.75 Å². The summed E-state index contributed by atoms with van der Waals surface area (Å²) in [6.45, 7) is 4.32. The third kappa shape index (κ3) is 4.00. The molecule has 1 aromatic rings. The van der Waals surface area contributed by atoms with E-state index in [0.29, 0.717) is 16.7 Å². The van der Waals surface area contributed by atoms with Crippen molar-refractivity contribution < 1.29 is 8.42 Å². The van der Waals surface area contributed by atoms with E-state index in [-0.39, 0.29) is 6.04 Å². The second-order valence-electron chi connectivity index (χ2n) is 5.45. The molecule has 1 aliphatic rings. The Morgan fingerprint density at radius 1 is 1.38 bits per heavy atom. The highest BCUT2D eigenvalue weighted by Crippen LogP contribution is 2.31. The zero-order valence-corrected chi connectivity index (χ0v) is 14.3. The van der Waals surface area contributed by atoms with Crippen LogP contribution in [0.4, 0.5) is 0 Å². The summed E-state index contributed by atoms with van der Waals surface area (Å²) in [5.74, 6) is 1.09. The summed E-state index contributed by atoms with van der Waals surface area (Å²) in [6.07, 6.45) is 2.94. The maximum absolute atomic E-state index is 12.6. The van der Waals surface area contributed by atoms with Crippen molar-refractivity contribution in [3.05, 3.63) is 29.3 Å². The van der Waals surface area contributed by atoms with Gasteiger partial charge in [0.15, 0.2) is 0 Å². The zero-order chi connectivity index (χ0) is 15.5. The van der Waals surface area contributed by atoms with Crippen LogP contribution in [0.15, 0.2) is 23.1 Å². The lowest BCUT2D eigenvalue weighted by atomic mass is 10.1. The third-order valence-electron chi connectivity index (χ3n) is 4.01. The van der Waals surface area contributed by atoms with Gasteiger partial charge < -0.3 is 5.73 Å². The largest absolute Gasteiger partial charge is 0.326 e. The van der Waals surface area contributed by atoms with Gasteiger partial charge in [0.1, 0.15) is 0 Å². The van der Waals surface area contributed by atoms with Gasteiger partial charge in [-0.05, 0) is 49.1 Å². The minimum atomic E-state index is -3.46. The first-order valence-electron chi connectivity index (χ1n) is 7.40. The monoisotopic (exact) mass is 328 g/mol. The zero-order valence-electron chi connectivity index (χ0n) is 12.6. The molecule has 3 N–H and O–H groups in total. The van der Waals surface area contributed by atoms with Gasteiger partial charge in [0.2, 0.25) is 10.0 Å². The highest BCUT2D eigenvalue weighted by atomic mass is 32.2. The Labute approximate surface area is 131 Å². The highest BCUT2D eigenvalue weighted by Gasteiger charge is 2.29. The number of benzene rings is 1. The molecule has 4 nitrogen and oxygen atoms in total. The summed E-state index contributed by atoms with van der Waals surface area (Å²) in [5, 5.41) is 0.583. The number of sulfonamides is 1. The molecule has 2 rings (SSSR count). The molecule has 1 aliphatic carbocycles. The van der Waals surface area contributed by atoms with Crippen LogP contribution in [-0.2, 0) is 16.6 Å². The first kappa shape index (κ1) is 16.8. The van der Waals surface area contributed by atoms with Gasteiger partial charge in [-0.1, -0.05) is 19.1 Å². The molecule has 0 radical (unpaired) electrons. The van der Waals surface area contributed by atoms with Crippen LogP contribution in [0.5, 0.6) is 0 Å². The maximum atomic E-state index is 12.6. The van der Waals surface area contributed by atoms with Crippen LogP contribution in [0, 0.1) is 6.92 Å². The Morgan fingerprint density at radius 2 is 2.14 bits per heavy atom. The normalized spacial score (nSPS) is 22.6. The summed E-state index contributed by atoms with van der Waals surface area (Å²) in [6, 6.07) is 5.34. The second kappa shape index (κ2) is 7.13. The lowest BCUT2D eigenvalue weighted by molar-refractivity contribution is 0.552. The van der Waals surface area contributed by atoms with Gasteiger partial charge in [-0.15, -0.1) is 0 Å². The molecule has 0 aliphatic heterocycles. The second-order valence-corrected chi connectivity index (χ2v) is 8.71. The first-order chi connectivity index (χ1) is 9.97. The van der Waals surface area contributed by atoms with E-state index in [0.717, 1.165) is 36.1 Å². The Kier molecular flexibility index (Phi) is 5.71. The summed E-state index contributed by atoms with van der Waals surface area (Å²) in [5.41, 5.74) is 7.29. The van der Waals surface area contributed by atoms with Crippen molar-refractivity contribution in [3.63, 3.8) is 0 Å². The molecular formula is C15H24N2O2S2. The Balaban J connectivity index is 2.13. The average molecular weight is 329 g/mol. The number of nitrogens with two attached hydrogens (primary N) is 1. The molecule has 0 heterocycles. The predicted molar refractivity (Wildman–Crippen MR) is 89.0 cm³/mol. The number of thioether (sulfide) groups is 1. The molecule has 2 unspecified atom stereocenters. The number of nitrogens with one attached hydrogen (secondary N) is 1. The van der Waals surface area contributed by atoms with Gasteiger partial charge >= 0.3 is 0 Å². The topological polar surface area (TPSA) is 72.2 Å².